The molecule has 3 atom stereocenters. The van der Waals surface area contributed by atoms with E-state index in [9.17, 15) is 14.4 Å². The molecule has 3 unspecified atom stereocenters. The van der Waals surface area contributed by atoms with E-state index in [1.54, 1.807) is 99.6 Å². The molecule has 12 nitrogen and oxygen atoms in total. The van der Waals surface area contributed by atoms with E-state index in [0.29, 0.717) is 0 Å². The Labute approximate surface area is 383 Å². The van der Waals surface area contributed by atoms with Gasteiger partial charge in [0.2, 0.25) is 6.23 Å². The number of esters is 1. The normalized spacial score (nSPS) is 17.8. The molecule has 5 aromatic rings. The average Bonchev–Trinajstić information content (AvgIpc) is 3.40. The topological polar surface area (TPSA) is 142 Å². The van der Waals surface area contributed by atoms with Crippen LogP contribution in [0.15, 0.2) is 140 Å². The second-order valence-corrected chi connectivity index (χ2v) is 23.4. The SMILES string of the molecule is CC(C)(C)OC(=O)N1CCCC(NC(=O)c2c(OCc3ccccc3)cccc2OCc2ccccc2)(O[Si](C)(C)C(C)(C)C)C(NC(=O)c2ccccc2)C1OC(=O)c1ccccc1. The van der Waals surface area contributed by atoms with Gasteiger partial charge in [-0.25, -0.2) is 9.59 Å². The maximum Gasteiger partial charge on any atom is 0.413 e. The van der Waals surface area contributed by atoms with Crippen LogP contribution in [0, 0.1) is 0 Å². The zero-order chi connectivity index (χ0) is 46.8. The Balaban J connectivity index is 1.55. The molecule has 0 aromatic heterocycles. The second-order valence-electron chi connectivity index (χ2n) is 18.6. The Hall–Kier alpha value is -6.44. The Morgan fingerprint density at radius 3 is 1.65 bits per heavy atom. The van der Waals surface area contributed by atoms with Gasteiger partial charge in [-0.15, -0.1) is 0 Å². The van der Waals surface area contributed by atoms with Crippen LogP contribution in [-0.4, -0.2) is 67.2 Å². The van der Waals surface area contributed by atoms with Crippen molar-refractivity contribution in [2.75, 3.05) is 6.54 Å². The Morgan fingerprint density at radius 1 is 0.662 bits per heavy atom. The van der Waals surface area contributed by atoms with E-state index in [0.717, 1.165) is 11.1 Å². The summed E-state index contributed by atoms with van der Waals surface area (Å²) in [5.41, 5.74) is -0.447. The number of likely N-dealkylation sites (tertiary alicyclic amines) is 1. The number of hydrogen-bond donors (Lipinski definition) is 2. The molecule has 3 amide bonds. The van der Waals surface area contributed by atoms with Gasteiger partial charge in [-0.05, 0) is 99.3 Å². The number of carbonyl (C=O) groups is 4. The summed E-state index contributed by atoms with van der Waals surface area (Å²) < 4.78 is 32.7. The highest BCUT2D eigenvalue weighted by Gasteiger charge is 2.57. The number of carbonyl (C=O) groups excluding carboxylic acids is 4. The van der Waals surface area contributed by atoms with Gasteiger partial charge in [-0.1, -0.05) is 124 Å². The van der Waals surface area contributed by atoms with Gasteiger partial charge in [-0.3, -0.25) is 14.5 Å². The molecular weight excluding hydrogens is 839 g/mol. The number of hydrogen-bond acceptors (Lipinski definition) is 9. The fourth-order valence-corrected chi connectivity index (χ4v) is 8.69. The Kier molecular flexibility index (Phi) is 15.2. The van der Waals surface area contributed by atoms with E-state index in [2.05, 4.69) is 31.4 Å². The molecule has 65 heavy (non-hydrogen) atoms. The van der Waals surface area contributed by atoms with Gasteiger partial charge in [0.1, 0.15) is 41.9 Å². The minimum Gasteiger partial charge on any atom is -0.488 e. The van der Waals surface area contributed by atoms with Crippen LogP contribution in [0.3, 0.4) is 0 Å². The number of nitrogens with one attached hydrogen (secondary N) is 2. The predicted octanol–water partition coefficient (Wildman–Crippen LogP) is 10.3. The van der Waals surface area contributed by atoms with E-state index in [4.69, 9.17) is 23.4 Å². The number of rotatable bonds is 14. The van der Waals surface area contributed by atoms with Crippen LogP contribution < -0.4 is 20.1 Å². The zero-order valence-corrected chi connectivity index (χ0v) is 39.6. The summed E-state index contributed by atoms with van der Waals surface area (Å²) in [6.45, 7) is 15.8. The minimum absolute atomic E-state index is 0.0139. The quantitative estimate of drug-likeness (QED) is 0.0633. The summed E-state index contributed by atoms with van der Waals surface area (Å²) in [5, 5.41) is 5.97. The summed E-state index contributed by atoms with van der Waals surface area (Å²) in [7, 11) is -3.00. The molecule has 1 heterocycles. The van der Waals surface area contributed by atoms with Gasteiger partial charge in [0.15, 0.2) is 14.0 Å². The number of nitrogens with zero attached hydrogens (tertiary/aromatic N) is 1. The molecule has 0 aliphatic carbocycles. The van der Waals surface area contributed by atoms with E-state index in [1.165, 1.54) is 4.90 Å². The number of amides is 3. The first kappa shape index (κ1) is 48.0. The van der Waals surface area contributed by atoms with Crippen molar-refractivity contribution in [3.8, 4) is 11.5 Å². The number of benzene rings is 5. The fraction of sp³-hybridized carbons (Fsp3) is 0.346. The standard InChI is InChI=1S/C52H61N3O9Si/c1-50(2,3)63-49(59)55-34-22-33-52(64-65(7,8)51(4,5)6,44(53-45(56)39-27-17-11-18-28-39)47(55)62-48(58)40-29-19-12-20-30-40)54-46(57)43-41(60-35-37-23-13-9-14-24-37)31-21-32-42(43)61-36-38-25-15-10-16-26-38/h9-21,23-32,44,47H,22,33-36H2,1-8H3,(H,53,56)(H,54,57). The highest BCUT2D eigenvalue weighted by atomic mass is 28.4. The molecule has 1 fully saturated rings. The van der Waals surface area contributed by atoms with Crippen molar-refractivity contribution >= 4 is 32.2 Å². The van der Waals surface area contributed by atoms with Crippen LogP contribution in [0.1, 0.15) is 96.6 Å². The Morgan fingerprint density at radius 2 is 1.15 bits per heavy atom. The van der Waals surface area contributed by atoms with Crippen molar-refractivity contribution < 1.29 is 42.6 Å². The lowest BCUT2D eigenvalue weighted by Gasteiger charge is -2.50. The third-order valence-electron chi connectivity index (χ3n) is 11.5. The van der Waals surface area contributed by atoms with E-state index >= 15 is 4.79 Å². The van der Waals surface area contributed by atoms with Crippen LogP contribution in [0.4, 0.5) is 4.79 Å². The van der Waals surface area contributed by atoms with Gasteiger partial charge in [0, 0.05) is 12.1 Å². The van der Waals surface area contributed by atoms with Gasteiger partial charge < -0.3 is 34.0 Å². The van der Waals surface area contributed by atoms with Crippen molar-refractivity contribution in [3.05, 3.63) is 167 Å². The molecule has 13 heteroatoms. The summed E-state index contributed by atoms with van der Waals surface area (Å²) in [5.74, 6) is -1.50. The zero-order valence-electron chi connectivity index (χ0n) is 38.6. The predicted molar refractivity (Wildman–Crippen MR) is 252 cm³/mol. The molecule has 0 radical (unpaired) electrons. The first-order valence-corrected chi connectivity index (χ1v) is 24.9. The molecule has 0 saturated carbocycles. The van der Waals surface area contributed by atoms with Crippen LogP contribution >= 0.6 is 0 Å². The van der Waals surface area contributed by atoms with Crippen molar-refractivity contribution in [2.24, 2.45) is 0 Å². The van der Waals surface area contributed by atoms with E-state index in [-0.39, 0.29) is 60.8 Å². The smallest absolute Gasteiger partial charge is 0.413 e. The fourth-order valence-electron chi connectivity index (χ4n) is 7.20. The lowest BCUT2D eigenvalue weighted by atomic mass is 9.96. The summed E-state index contributed by atoms with van der Waals surface area (Å²) >= 11 is 0. The average molecular weight is 900 g/mol. The lowest BCUT2D eigenvalue weighted by Crippen LogP contribution is -2.72. The molecule has 1 aliphatic heterocycles. The Bertz CT molecular complexity index is 2330. The largest absolute Gasteiger partial charge is 0.488 e. The third kappa shape index (κ3) is 12.4. The summed E-state index contributed by atoms with van der Waals surface area (Å²) in [4.78, 5) is 60.2. The van der Waals surface area contributed by atoms with Crippen LogP contribution in [-0.2, 0) is 27.1 Å². The maximum absolute atomic E-state index is 15.6. The van der Waals surface area contributed by atoms with Gasteiger partial charge in [-0.2, -0.15) is 0 Å². The van der Waals surface area contributed by atoms with Crippen molar-refractivity contribution in [1.82, 2.24) is 15.5 Å². The monoisotopic (exact) mass is 899 g/mol. The molecule has 0 spiro atoms. The molecular formula is C52H61N3O9Si. The highest BCUT2D eigenvalue weighted by molar-refractivity contribution is 6.74. The van der Waals surface area contributed by atoms with Gasteiger partial charge >= 0.3 is 12.1 Å². The maximum atomic E-state index is 15.6. The van der Waals surface area contributed by atoms with E-state index in [1.807, 2.05) is 73.8 Å². The minimum atomic E-state index is -3.00. The first-order valence-electron chi connectivity index (χ1n) is 22.0. The highest BCUT2D eigenvalue weighted by Crippen LogP contribution is 2.43. The summed E-state index contributed by atoms with van der Waals surface area (Å²) in [6.07, 6.45) is -2.06. The van der Waals surface area contributed by atoms with Crippen molar-refractivity contribution in [1.29, 1.82) is 0 Å². The lowest BCUT2D eigenvalue weighted by molar-refractivity contribution is -0.0969. The van der Waals surface area contributed by atoms with Crippen molar-refractivity contribution in [2.45, 2.75) is 109 Å². The van der Waals surface area contributed by atoms with Gasteiger partial charge in [0.25, 0.3) is 11.8 Å². The molecule has 2 N–H and O–H groups in total. The van der Waals surface area contributed by atoms with E-state index < -0.39 is 60.8 Å². The molecule has 5 aromatic carbocycles. The molecule has 1 aliphatic rings. The van der Waals surface area contributed by atoms with Crippen LogP contribution in [0.25, 0.3) is 0 Å². The number of ether oxygens (including phenoxy) is 4. The second kappa shape index (κ2) is 20.6. The van der Waals surface area contributed by atoms with Gasteiger partial charge in [0.05, 0.1) is 5.56 Å². The third-order valence-corrected chi connectivity index (χ3v) is 16.0. The first-order chi connectivity index (χ1) is 30.9. The molecule has 0 bridgehead atoms. The van der Waals surface area contributed by atoms with Crippen LogP contribution in [0.5, 0.6) is 11.5 Å². The van der Waals surface area contributed by atoms with Crippen LogP contribution in [0.2, 0.25) is 18.1 Å². The summed E-state index contributed by atoms with van der Waals surface area (Å²) in [6, 6.07) is 39.8. The molecule has 342 valence electrons. The van der Waals surface area contributed by atoms with Crippen molar-refractivity contribution in [3.63, 3.8) is 0 Å². The molecule has 6 rings (SSSR count). The molecule has 1 saturated heterocycles.